The van der Waals surface area contributed by atoms with Gasteiger partial charge in [0, 0.05) is 12.5 Å². The Bertz CT molecular complexity index is 443. The summed E-state index contributed by atoms with van der Waals surface area (Å²) in [5, 5.41) is 19.1. The molecule has 5 nitrogen and oxygen atoms in total. The van der Waals surface area contributed by atoms with Crippen molar-refractivity contribution < 1.29 is 15.0 Å². The molecule has 0 unspecified atom stereocenters. The first-order valence-electron chi connectivity index (χ1n) is 6.71. The predicted octanol–water partition coefficient (Wildman–Crippen LogP) is 1.92. The molecule has 1 aromatic rings. The molecule has 0 amide bonds. The maximum Gasteiger partial charge on any atom is 0.347 e. The zero-order chi connectivity index (χ0) is 13.8. The van der Waals surface area contributed by atoms with Gasteiger partial charge in [0.25, 0.3) is 0 Å². The van der Waals surface area contributed by atoms with Crippen molar-refractivity contribution in [1.82, 2.24) is 9.88 Å². The fourth-order valence-corrected chi connectivity index (χ4v) is 3.27. The molecule has 19 heavy (non-hydrogen) atoms. The van der Waals surface area contributed by atoms with Crippen LogP contribution in [0.2, 0.25) is 0 Å². The molecule has 1 aliphatic carbocycles. The molecule has 0 aliphatic heterocycles. The monoisotopic (exact) mass is 284 g/mol. The van der Waals surface area contributed by atoms with Gasteiger partial charge in [0.05, 0.1) is 18.8 Å². The fourth-order valence-electron chi connectivity index (χ4n) is 2.24. The molecule has 2 rings (SSSR count). The molecule has 0 spiro atoms. The zero-order valence-electron chi connectivity index (χ0n) is 11.1. The Balaban J connectivity index is 2.14. The third-order valence-electron chi connectivity index (χ3n) is 3.61. The van der Waals surface area contributed by atoms with Gasteiger partial charge in [0.15, 0.2) is 0 Å². The number of nitrogens with zero attached hydrogens (tertiary/aromatic N) is 2. The van der Waals surface area contributed by atoms with Gasteiger partial charge in [-0.15, -0.1) is 11.3 Å². The van der Waals surface area contributed by atoms with E-state index in [9.17, 15) is 9.90 Å². The Morgan fingerprint density at radius 1 is 1.53 bits per heavy atom. The summed E-state index contributed by atoms with van der Waals surface area (Å²) in [5.74, 6) is -0.528. The van der Waals surface area contributed by atoms with Crippen LogP contribution in [0.15, 0.2) is 0 Å². The largest absolute Gasteiger partial charge is 0.477 e. The fraction of sp³-hybridized carbons (Fsp3) is 0.692. The summed E-state index contributed by atoms with van der Waals surface area (Å²) in [4.78, 5) is 18.3. The summed E-state index contributed by atoms with van der Waals surface area (Å²) >= 11 is 1.28. The van der Waals surface area contributed by atoms with E-state index in [2.05, 4.69) is 9.88 Å². The molecule has 1 saturated carbocycles. The highest BCUT2D eigenvalue weighted by molar-refractivity contribution is 7.13. The van der Waals surface area contributed by atoms with Crippen LogP contribution in [0.5, 0.6) is 0 Å². The SMILES string of the molecule is CCN(CCO)Cc1nc(C2CCC2)c(C(=O)O)s1. The Hall–Kier alpha value is -0.980. The summed E-state index contributed by atoms with van der Waals surface area (Å²) in [6.45, 7) is 4.17. The Morgan fingerprint density at radius 2 is 2.26 bits per heavy atom. The molecule has 1 fully saturated rings. The maximum absolute atomic E-state index is 11.3. The molecule has 1 aliphatic rings. The quantitative estimate of drug-likeness (QED) is 0.800. The van der Waals surface area contributed by atoms with Crippen LogP contribution in [0.4, 0.5) is 0 Å². The van der Waals surface area contributed by atoms with Crippen LogP contribution >= 0.6 is 11.3 Å². The third kappa shape index (κ3) is 3.32. The average Bonchev–Trinajstić information content (AvgIpc) is 2.70. The minimum Gasteiger partial charge on any atom is -0.477 e. The van der Waals surface area contributed by atoms with E-state index in [0.29, 0.717) is 23.9 Å². The van der Waals surface area contributed by atoms with Crippen LogP contribution in [0.3, 0.4) is 0 Å². The molecule has 0 radical (unpaired) electrons. The van der Waals surface area contributed by atoms with Crippen molar-refractivity contribution in [2.75, 3.05) is 19.7 Å². The summed E-state index contributed by atoms with van der Waals surface area (Å²) < 4.78 is 0. The Labute approximate surface area is 116 Å². The summed E-state index contributed by atoms with van der Waals surface area (Å²) in [5.41, 5.74) is 0.777. The van der Waals surface area contributed by atoms with Gasteiger partial charge in [0.1, 0.15) is 9.88 Å². The highest BCUT2D eigenvalue weighted by atomic mass is 32.1. The smallest absolute Gasteiger partial charge is 0.347 e. The lowest BCUT2D eigenvalue weighted by molar-refractivity contribution is 0.0699. The van der Waals surface area contributed by atoms with E-state index < -0.39 is 5.97 Å². The van der Waals surface area contributed by atoms with Crippen LogP contribution in [-0.4, -0.2) is 45.8 Å². The molecule has 0 saturated heterocycles. The normalized spacial score (nSPS) is 15.7. The van der Waals surface area contributed by atoms with E-state index in [1.54, 1.807) is 0 Å². The number of hydrogen-bond donors (Lipinski definition) is 2. The molecule has 6 heteroatoms. The second-order valence-corrected chi connectivity index (χ2v) is 5.93. The minimum atomic E-state index is -0.865. The number of thiazole rings is 1. The number of aliphatic hydroxyl groups is 1. The maximum atomic E-state index is 11.3. The first-order valence-corrected chi connectivity index (χ1v) is 7.53. The minimum absolute atomic E-state index is 0.112. The van der Waals surface area contributed by atoms with Crippen LogP contribution in [0.1, 0.15) is 52.5 Å². The second kappa shape index (κ2) is 6.45. The molecule has 0 atom stereocenters. The van der Waals surface area contributed by atoms with Gasteiger partial charge in [-0.2, -0.15) is 0 Å². The zero-order valence-corrected chi connectivity index (χ0v) is 11.9. The standard InChI is InChI=1S/C13H20N2O3S/c1-2-15(6-7-16)8-10-14-11(9-4-3-5-9)12(19-10)13(17)18/h9,16H,2-8H2,1H3,(H,17,18). The molecule has 0 bridgehead atoms. The van der Waals surface area contributed by atoms with E-state index in [4.69, 9.17) is 5.11 Å². The number of aromatic carboxylic acids is 1. The molecule has 2 N–H and O–H groups in total. The number of aromatic nitrogens is 1. The number of carbonyl (C=O) groups is 1. The summed E-state index contributed by atoms with van der Waals surface area (Å²) in [6.07, 6.45) is 3.28. The van der Waals surface area contributed by atoms with Crippen LogP contribution in [0.25, 0.3) is 0 Å². The average molecular weight is 284 g/mol. The van der Waals surface area contributed by atoms with Crippen molar-refractivity contribution in [3.8, 4) is 0 Å². The van der Waals surface area contributed by atoms with E-state index in [-0.39, 0.29) is 6.61 Å². The van der Waals surface area contributed by atoms with Crippen LogP contribution in [-0.2, 0) is 6.54 Å². The lowest BCUT2D eigenvalue weighted by atomic mass is 9.82. The third-order valence-corrected chi connectivity index (χ3v) is 4.65. The Morgan fingerprint density at radius 3 is 2.74 bits per heavy atom. The lowest BCUT2D eigenvalue weighted by Gasteiger charge is -2.24. The van der Waals surface area contributed by atoms with Gasteiger partial charge in [-0.3, -0.25) is 4.90 Å². The molecule has 1 aromatic heterocycles. The van der Waals surface area contributed by atoms with Crippen molar-refractivity contribution in [3.05, 3.63) is 15.6 Å². The van der Waals surface area contributed by atoms with E-state index >= 15 is 0 Å². The first kappa shape index (κ1) is 14.4. The number of rotatable bonds is 7. The van der Waals surface area contributed by atoms with Crippen molar-refractivity contribution in [2.45, 2.75) is 38.6 Å². The number of carboxylic acid groups (broad SMARTS) is 1. The molecular formula is C13H20N2O3S. The van der Waals surface area contributed by atoms with Crippen LogP contribution < -0.4 is 0 Å². The number of carboxylic acids is 1. The molecule has 106 valence electrons. The molecule has 1 heterocycles. The van der Waals surface area contributed by atoms with Gasteiger partial charge >= 0.3 is 5.97 Å². The molecular weight excluding hydrogens is 264 g/mol. The van der Waals surface area contributed by atoms with Crippen molar-refractivity contribution in [3.63, 3.8) is 0 Å². The summed E-state index contributed by atoms with van der Waals surface area (Å²) in [7, 11) is 0. The highest BCUT2D eigenvalue weighted by Crippen LogP contribution is 2.39. The topological polar surface area (TPSA) is 73.7 Å². The first-order chi connectivity index (χ1) is 9.15. The van der Waals surface area contributed by atoms with Gasteiger partial charge in [0.2, 0.25) is 0 Å². The van der Waals surface area contributed by atoms with Crippen LogP contribution in [0, 0.1) is 0 Å². The summed E-state index contributed by atoms with van der Waals surface area (Å²) in [6, 6.07) is 0. The van der Waals surface area contributed by atoms with Crippen molar-refractivity contribution >= 4 is 17.3 Å². The van der Waals surface area contributed by atoms with Gasteiger partial charge in [-0.05, 0) is 19.4 Å². The van der Waals surface area contributed by atoms with E-state index in [1.165, 1.54) is 17.8 Å². The number of likely N-dealkylation sites (N-methyl/N-ethyl adjacent to an activating group) is 1. The predicted molar refractivity (Wildman–Crippen MR) is 73.7 cm³/mol. The second-order valence-electron chi connectivity index (χ2n) is 4.85. The van der Waals surface area contributed by atoms with Crippen molar-refractivity contribution in [1.29, 1.82) is 0 Å². The lowest BCUT2D eigenvalue weighted by Crippen LogP contribution is -2.26. The van der Waals surface area contributed by atoms with Crippen molar-refractivity contribution in [2.24, 2.45) is 0 Å². The molecule has 0 aromatic carbocycles. The highest BCUT2D eigenvalue weighted by Gasteiger charge is 2.28. The van der Waals surface area contributed by atoms with Gasteiger partial charge in [-0.25, -0.2) is 9.78 Å². The van der Waals surface area contributed by atoms with Gasteiger partial charge in [-0.1, -0.05) is 13.3 Å². The number of aliphatic hydroxyl groups excluding tert-OH is 1. The Kier molecular flexibility index (Phi) is 4.90. The van der Waals surface area contributed by atoms with E-state index in [1.807, 2.05) is 6.92 Å². The number of hydrogen-bond acceptors (Lipinski definition) is 5. The van der Waals surface area contributed by atoms with E-state index in [0.717, 1.165) is 30.1 Å². The van der Waals surface area contributed by atoms with Gasteiger partial charge < -0.3 is 10.2 Å².